The van der Waals surface area contributed by atoms with Crippen molar-refractivity contribution in [3.05, 3.63) is 40.1 Å². The van der Waals surface area contributed by atoms with Crippen LogP contribution in [0.5, 0.6) is 5.75 Å². The van der Waals surface area contributed by atoms with E-state index < -0.39 is 0 Å². The maximum Gasteiger partial charge on any atom is 0.305 e. The van der Waals surface area contributed by atoms with Crippen LogP contribution in [0.3, 0.4) is 0 Å². The van der Waals surface area contributed by atoms with Crippen molar-refractivity contribution in [2.75, 3.05) is 7.11 Å². The molecule has 3 nitrogen and oxygen atoms in total. The minimum atomic E-state index is -0.0316. The van der Waals surface area contributed by atoms with E-state index in [9.17, 15) is 4.79 Å². The zero-order valence-electron chi connectivity index (χ0n) is 7.61. The molecule has 2 aromatic rings. The molecule has 1 aromatic carbocycles. The van der Waals surface area contributed by atoms with E-state index in [1.54, 1.807) is 13.3 Å². The summed E-state index contributed by atoms with van der Waals surface area (Å²) in [5, 5.41) is 0. The summed E-state index contributed by atoms with van der Waals surface area (Å²) in [5.74, 6) is 0.816. The highest BCUT2D eigenvalue weighted by molar-refractivity contribution is 7.12. The van der Waals surface area contributed by atoms with Crippen LogP contribution < -0.4 is 9.61 Å². The van der Waals surface area contributed by atoms with Gasteiger partial charge in [0.25, 0.3) is 0 Å². The van der Waals surface area contributed by atoms with Crippen LogP contribution in [0.2, 0.25) is 0 Å². The Morgan fingerprint density at radius 1 is 1.29 bits per heavy atom. The van der Waals surface area contributed by atoms with Gasteiger partial charge in [0, 0.05) is 6.20 Å². The summed E-state index contributed by atoms with van der Waals surface area (Å²) in [6, 6.07) is 7.61. The van der Waals surface area contributed by atoms with Gasteiger partial charge in [-0.15, -0.1) is 0 Å². The van der Waals surface area contributed by atoms with E-state index in [-0.39, 0.29) is 4.87 Å². The average Bonchev–Trinajstić information content (AvgIpc) is 2.65. The van der Waals surface area contributed by atoms with E-state index in [1.165, 1.54) is 11.3 Å². The fourth-order valence-electron chi connectivity index (χ4n) is 1.18. The zero-order chi connectivity index (χ0) is 9.97. The third-order valence-electron chi connectivity index (χ3n) is 1.90. The van der Waals surface area contributed by atoms with Gasteiger partial charge in [-0.2, -0.15) is 0 Å². The molecule has 4 heteroatoms. The monoisotopic (exact) mass is 207 g/mol. The number of thiazole rings is 1. The van der Waals surface area contributed by atoms with Gasteiger partial charge in [-0.05, 0) is 29.8 Å². The number of H-pyrrole nitrogens is 1. The molecule has 1 N–H and O–H groups in total. The number of hydrogen-bond acceptors (Lipinski definition) is 3. The van der Waals surface area contributed by atoms with E-state index in [0.29, 0.717) is 0 Å². The van der Waals surface area contributed by atoms with Crippen LogP contribution in [0.1, 0.15) is 0 Å². The molecule has 0 aliphatic carbocycles. The number of hydrogen-bond donors (Lipinski definition) is 1. The SMILES string of the molecule is COc1ccc(-c2c[nH]c(=O)s2)cc1. The number of methoxy groups -OCH3 is 1. The Labute approximate surface area is 85.0 Å². The Morgan fingerprint density at radius 2 is 2.00 bits per heavy atom. The predicted octanol–water partition coefficient (Wildman–Crippen LogP) is 2.11. The molecule has 14 heavy (non-hydrogen) atoms. The Bertz CT molecular complexity index is 469. The van der Waals surface area contributed by atoms with Crippen molar-refractivity contribution in [1.82, 2.24) is 4.98 Å². The van der Waals surface area contributed by atoms with Crippen molar-refractivity contribution < 1.29 is 4.74 Å². The highest BCUT2D eigenvalue weighted by atomic mass is 32.1. The molecule has 0 unspecified atom stereocenters. The van der Waals surface area contributed by atoms with Crippen LogP contribution in [0.4, 0.5) is 0 Å². The Hall–Kier alpha value is -1.55. The predicted molar refractivity (Wildman–Crippen MR) is 56.9 cm³/mol. The highest BCUT2D eigenvalue weighted by Crippen LogP contribution is 2.23. The molecule has 1 aromatic heterocycles. The van der Waals surface area contributed by atoms with Crippen molar-refractivity contribution >= 4 is 11.3 Å². The third kappa shape index (κ3) is 1.70. The van der Waals surface area contributed by atoms with Gasteiger partial charge < -0.3 is 9.72 Å². The molecule has 0 bridgehead atoms. The largest absolute Gasteiger partial charge is 0.497 e. The third-order valence-corrected chi connectivity index (χ3v) is 2.78. The Kier molecular flexibility index (Phi) is 2.37. The lowest BCUT2D eigenvalue weighted by atomic mass is 10.2. The summed E-state index contributed by atoms with van der Waals surface area (Å²) >= 11 is 1.20. The Balaban J connectivity index is 2.38. The fourth-order valence-corrected chi connectivity index (χ4v) is 1.87. The van der Waals surface area contributed by atoms with Crippen LogP contribution in [0.15, 0.2) is 35.3 Å². The maximum atomic E-state index is 10.9. The van der Waals surface area contributed by atoms with Gasteiger partial charge >= 0.3 is 4.87 Å². The topological polar surface area (TPSA) is 42.1 Å². The summed E-state index contributed by atoms with van der Waals surface area (Å²) < 4.78 is 5.04. The van der Waals surface area contributed by atoms with Gasteiger partial charge in [-0.1, -0.05) is 11.3 Å². The van der Waals surface area contributed by atoms with E-state index in [1.807, 2.05) is 24.3 Å². The molecule has 0 radical (unpaired) electrons. The zero-order valence-corrected chi connectivity index (χ0v) is 8.43. The molecule has 0 spiro atoms. The van der Waals surface area contributed by atoms with Crippen LogP contribution in [-0.2, 0) is 0 Å². The quantitative estimate of drug-likeness (QED) is 0.819. The van der Waals surface area contributed by atoms with Gasteiger partial charge in [0.05, 0.1) is 12.0 Å². The van der Waals surface area contributed by atoms with Crippen molar-refractivity contribution in [2.45, 2.75) is 0 Å². The number of rotatable bonds is 2. The van der Waals surface area contributed by atoms with Crippen molar-refractivity contribution in [1.29, 1.82) is 0 Å². The van der Waals surface area contributed by atoms with E-state index in [0.717, 1.165) is 16.2 Å². The van der Waals surface area contributed by atoms with Gasteiger partial charge in [0.15, 0.2) is 0 Å². The van der Waals surface area contributed by atoms with Crippen LogP contribution >= 0.6 is 11.3 Å². The average molecular weight is 207 g/mol. The highest BCUT2D eigenvalue weighted by Gasteiger charge is 2.00. The molecule has 0 saturated heterocycles. The van der Waals surface area contributed by atoms with E-state index in [2.05, 4.69) is 4.98 Å². The van der Waals surface area contributed by atoms with Crippen LogP contribution in [0, 0.1) is 0 Å². The second kappa shape index (κ2) is 3.67. The summed E-state index contributed by atoms with van der Waals surface area (Å²) in [6.07, 6.45) is 1.72. The molecule has 72 valence electrons. The minimum Gasteiger partial charge on any atom is -0.497 e. The van der Waals surface area contributed by atoms with E-state index >= 15 is 0 Å². The minimum absolute atomic E-state index is 0.0316. The lowest BCUT2D eigenvalue weighted by Crippen LogP contribution is -1.88. The van der Waals surface area contributed by atoms with Crippen molar-refractivity contribution in [3.8, 4) is 16.2 Å². The summed E-state index contributed by atoms with van der Waals surface area (Å²) in [7, 11) is 1.63. The summed E-state index contributed by atoms with van der Waals surface area (Å²) in [5.41, 5.74) is 1.02. The number of aromatic nitrogens is 1. The number of benzene rings is 1. The first-order valence-electron chi connectivity index (χ1n) is 4.12. The molecule has 1 heterocycles. The number of ether oxygens (including phenoxy) is 1. The summed E-state index contributed by atoms with van der Waals surface area (Å²) in [6.45, 7) is 0. The van der Waals surface area contributed by atoms with Gasteiger partial charge in [-0.3, -0.25) is 4.79 Å². The lowest BCUT2D eigenvalue weighted by Gasteiger charge is -1.99. The first kappa shape index (κ1) is 9.02. The lowest BCUT2D eigenvalue weighted by molar-refractivity contribution is 0.415. The fraction of sp³-hybridized carbons (Fsp3) is 0.100. The standard InChI is InChI=1S/C10H9NO2S/c1-13-8-4-2-7(3-5-8)9-6-11-10(12)14-9/h2-6H,1H3,(H,11,12). The van der Waals surface area contributed by atoms with Crippen molar-refractivity contribution in [3.63, 3.8) is 0 Å². The molecule has 0 fully saturated rings. The molecule has 0 atom stereocenters. The second-order valence-electron chi connectivity index (χ2n) is 2.77. The normalized spacial score (nSPS) is 10.1. The molecule has 2 rings (SSSR count). The van der Waals surface area contributed by atoms with Gasteiger partial charge in [-0.25, -0.2) is 0 Å². The Morgan fingerprint density at radius 3 is 2.50 bits per heavy atom. The molecule has 0 aliphatic rings. The first-order valence-corrected chi connectivity index (χ1v) is 4.94. The van der Waals surface area contributed by atoms with E-state index in [4.69, 9.17) is 4.74 Å². The smallest absolute Gasteiger partial charge is 0.305 e. The number of nitrogens with one attached hydrogen (secondary N) is 1. The molecule has 0 saturated carbocycles. The van der Waals surface area contributed by atoms with Gasteiger partial charge in [0.2, 0.25) is 0 Å². The summed E-state index contributed by atoms with van der Waals surface area (Å²) in [4.78, 5) is 14.5. The maximum absolute atomic E-state index is 10.9. The molecular weight excluding hydrogens is 198 g/mol. The first-order chi connectivity index (χ1) is 6.79. The van der Waals surface area contributed by atoms with Crippen LogP contribution in [0.25, 0.3) is 10.4 Å². The molecular formula is C10H9NO2S. The second-order valence-corrected chi connectivity index (χ2v) is 3.79. The molecule has 0 aliphatic heterocycles. The van der Waals surface area contributed by atoms with Crippen molar-refractivity contribution in [2.24, 2.45) is 0 Å². The number of aromatic amines is 1. The molecule has 0 amide bonds. The van der Waals surface area contributed by atoms with Crippen LogP contribution in [-0.4, -0.2) is 12.1 Å². The van der Waals surface area contributed by atoms with Gasteiger partial charge in [0.1, 0.15) is 5.75 Å².